The number of benzene rings is 2. The second kappa shape index (κ2) is 12.6. The van der Waals surface area contributed by atoms with Crippen molar-refractivity contribution in [1.82, 2.24) is 14.6 Å². The first-order valence-electron chi connectivity index (χ1n) is 12.9. The molecule has 3 N–H and O–H groups in total. The molecule has 1 aliphatic heterocycles. The molecule has 2 aromatic carbocycles. The topological polar surface area (TPSA) is 158 Å². The Balaban J connectivity index is 1.69. The number of nitrogens with zero attached hydrogens (tertiary/aromatic N) is 1. The van der Waals surface area contributed by atoms with Gasteiger partial charge in [-0.1, -0.05) is 36.4 Å². The molecule has 0 amide bonds. The summed E-state index contributed by atoms with van der Waals surface area (Å²) < 4.78 is 93.6. The van der Waals surface area contributed by atoms with Gasteiger partial charge < -0.3 is 19.1 Å². The van der Waals surface area contributed by atoms with Gasteiger partial charge >= 0.3 is 19.4 Å². The SMILES string of the molecule is CC(C)OC(=O)[C@H](C)NP(=O)(OC[C@@]1(C(F)F)O[C@@H](n2cc(F)c(=O)[nH]c2=O)[C@H](O)[C@H]1F)Oc1cccc2ccccc12. The fourth-order valence-electron chi connectivity index (χ4n) is 4.32. The average molecular weight is 633 g/mol. The Morgan fingerprint density at radius 2 is 1.86 bits per heavy atom. The molecule has 0 saturated carbocycles. The number of hydrogen-bond donors (Lipinski definition) is 3. The largest absolute Gasteiger partial charge is 0.462 e. The van der Waals surface area contributed by atoms with Gasteiger partial charge in [0.25, 0.3) is 12.0 Å². The van der Waals surface area contributed by atoms with Crippen molar-refractivity contribution in [3.8, 4) is 5.75 Å². The second-order valence-electron chi connectivity index (χ2n) is 9.98. The van der Waals surface area contributed by atoms with Crippen LogP contribution in [0.2, 0.25) is 0 Å². The van der Waals surface area contributed by atoms with Crippen LogP contribution in [0.5, 0.6) is 5.75 Å². The van der Waals surface area contributed by atoms with Crippen molar-refractivity contribution in [2.45, 2.75) is 63.4 Å². The normalized spacial score (nSPS) is 24.3. The molecule has 12 nitrogen and oxygen atoms in total. The van der Waals surface area contributed by atoms with Crippen LogP contribution in [0.4, 0.5) is 17.6 Å². The molecule has 0 radical (unpaired) electrons. The number of aromatic amines is 1. The van der Waals surface area contributed by atoms with E-state index in [1.165, 1.54) is 13.0 Å². The summed E-state index contributed by atoms with van der Waals surface area (Å²) in [6, 6.07) is 9.92. The van der Waals surface area contributed by atoms with Gasteiger partial charge in [0.05, 0.1) is 18.9 Å². The fourth-order valence-corrected chi connectivity index (χ4v) is 5.87. The number of nitrogens with one attached hydrogen (secondary N) is 2. The van der Waals surface area contributed by atoms with E-state index in [0.717, 1.165) is 0 Å². The number of ether oxygens (including phenoxy) is 2. The Kier molecular flexibility index (Phi) is 9.47. The number of aromatic nitrogens is 2. The van der Waals surface area contributed by atoms with Crippen molar-refractivity contribution >= 4 is 24.5 Å². The van der Waals surface area contributed by atoms with E-state index < -0.39 is 80.1 Å². The number of aliphatic hydroxyl groups is 1. The summed E-state index contributed by atoms with van der Waals surface area (Å²) in [6.45, 7) is 2.79. The maximum Gasteiger partial charge on any atom is 0.459 e. The Hall–Kier alpha value is -3.56. The van der Waals surface area contributed by atoms with Gasteiger partial charge in [-0.3, -0.25) is 23.7 Å². The van der Waals surface area contributed by atoms with E-state index in [-0.39, 0.29) is 16.5 Å². The lowest BCUT2D eigenvalue weighted by Crippen LogP contribution is -2.51. The van der Waals surface area contributed by atoms with Crippen LogP contribution in [-0.2, 0) is 23.4 Å². The minimum atomic E-state index is -4.88. The molecule has 17 heteroatoms. The maximum absolute atomic E-state index is 15.4. The number of esters is 1. The number of rotatable bonds is 11. The van der Waals surface area contributed by atoms with E-state index in [9.17, 15) is 37.2 Å². The Morgan fingerprint density at radius 3 is 2.53 bits per heavy atom. The lowest BCUT2D eigenvalue weighted by molar-refractivity contribution is -0.183. The smallest absolute Gasteiger partial charge is 0.459 e. The van der Waals surface area contributed by atoms with Crippen molar-refractivity contribution < 1.29 is 50.5 Å². The number of fused-ring (bicyclic) bond motifs is 1. The van der Waals surface area contributed by atoms with Crippen molar-refractivity contribution in [2.24, 2.45) is 0 Å². The third-order valence-corrected chi connectivity index (χ3v) is 8.06. The number of H-pyrrole nitrogens is 1. The Bertz CT molecular complexity index is 1650. The number of carbonyl (C=O) groups is 1. The highest BCUT2D eigenvalue weighted by atomic mass is 31.2. The molecular formula is C26H28F4N3O9P. The molecule has 1 aliphatic rings. The molecule has 6 atom stereocenters. The Labute approximate surface area is 241 Å². The number of carbonyl (C=O) groups excluding carboxylic acids is 1. The average Bonchev–Trinajstić information content (AvgIpc) is 3.20. The van der Waals surface area contributed by atoms with E-state index in [1.54, 1.807) is 55.2 Å². The molecule has 1 saturated heterocycles. The molecule has 234 valence electrons. The van der Waals surface area contributed by atoms with Gasteiger partial charge in [-0.05, 0) is 32.2 Å². The standard InChI is InChI=1S/C26H28F4N3O9P/c1-13(2)40-23(36)14(3)32-43(38,42-18-10-6-8-15-7-4-5-9-16(15)18)39-12-26(24(29)30)20(28)19(34)22(41-26)33-11-17(27)21(35)31-25(33)37/h4-11,13-14,19-20,22,24,34H,12H2,1-3H3,(H,32,38)(H,31,35,37)/t14-,19+,20+,22+,26+,43?/m0/s1. The number of hydrogen-bond acceptors (Lipinski definition) is 9. The zero-order chi connectivity index (χ0) is 31.7. The maximum atomic E-state index is 15.4. The summed E-state index contributed by atoms with van der Waals surface area (Å²) in [5.41, 5.74) is -6.22. The van der Waals surface area contributed by atoms with Gasteiger partial charge in [0.15, 0.2) is 18.0 Å². The van der Waals surface area contributed by atoms with Crippen LogP contribution in [-0.4, -0.2) is 63.7 Å². The van der Waals surface area contributed by atoms with E-state index in [0.29, 0.717) is 10.8 Å². The first kappa shape index (κ1) is 32.4. The molecule has 0 spiro atoms. The summed E-state index contributed by atoms with van der Waals surface area (Å²) in [7, 11) is -4.88. The summed E-state index contributed by atoms with van der Waals surface area (Å²) in [4.78, 5) is 37.6. The fraction of sp³-hybridized carbons (Fsp3) is 0.423. The number of halogens is 4. The van der Waals surface area contributed by atoms with Crippen LogP contribution in [0.25, 0.3) is 10.8 Å². The molecule has 4 rings (SSSR count). The highest BCUT2D eigenvalue weighted by molar-refractivity contribution is 7.52. The zero-order valence-electron chi connectivity index (χ0n) is 22.9. The Morgan fingerprint density at radius 1 is 1.19 bits per heavy atom. The third kappa shape index (κ3) is 6.68. The van der Waals surface area contributed by atoms with Gasteiger partial charge in [0.2, 0.25) is 5.82 Å². The first-order chi connectivity index (χ1) is 20.2. The quantitative estimate of drug-likeness (QED) is 0.163. The molecule has 3 aromatic rings. The summed E-state index contributed by atoms with van der Waals surface area (Å²) in [5, 5.41) is 13.8. The van der Waals surface area contributed by atoms with Crippen LogP contribution in [0.15, 0.2) is 58.3 Å². The van der Waals surface area contributed by atoms with E-state index in [1.807, 2.05) is 0 Å². The minimum absolute atomic E-state index is 0.0539. The van der Waals surface area contributed by atoms with Crippen LogP contribution in [0.3, 0.4) is 0 Å². The molecule has 1 fully saturated rings. The van der Waals surface area contributed by atoms with E-state index >= 15 is 4.39 Å². The summed E-state index contributed by atoms with van der Waals surface area (Å²) in [5.74, 6) is -2.50. The van der Waals surface area contributed by atoms with Crippen molar-refractivity contribution in [2.75, 3.05) is 6.61 Å². The van der Waals surface area contributed by atoms with Crippen LogP contribution in [0, 0.1) is 5.82 Å². The zero-order valence-corrected chi connectivity index (χ0v) is 23.8. The van der Waals surface area contributed by atoms with Gasteiger partial charge in [-0.25, -0.2) is 22.5 Å². The predicted octanol–water partition coefficient (Wildman–Crippen LogP) is 3.19. The van der Waals surface area contributed by atoms with Gasteiger partial charge in [0.1, 0.15) is 17.9 Å². The number of aliphatic hydroxyl groups excluding tert-OH is 1. The van der Waals surface area contributed by atoms with E-state index in [4.69, 9.17) is 18.5 Å². The van der Waals surface area contributed by atoms with Crippen LogP contribution < -0.4 is 20.9 Å². The molecule has 0 aliphatic carbocycles. The monoisotopic (exact) mass is 633 g/mol. The third-order valence-electron chi connectivity index (χ3n) is 6.45. The summed E-state index contributed by atoms with van der Waals surface area (Å²) >= 11 is 0. The molecule has 0 bridgehead atoms. The van der Waals surface area contributed by atoms with Crippen LogP contribution in [0.1, 0.15) is 27.0 Å². The van der Waals surface area contributed by atoms with E-state index in [2.05, 4.69) is 5.09 Å². The summed E-state index contributed by atoms with van der Waals surface area (Å²) in [6.07, 6.45) is -11.8. The predicted molar refractivity (Wildman–Crippen MR) is 143 cm³/mol. The van der Waals surface area contributed by atoms with Gasteiger partial charge in [0, 0.05) is 5.39 Å². The van der Waals surface area contributed by atoms with Crippen LogP contribution >= 0.6 is 7.75 Å². The van der Waals surface area contributed by atoms with Crippen molar-refractivity contribution in [3.63, 3.8) is 0 Å². The first-order valence-corrected chi connectivity index (χ1v) is 14.4. The minimum Gasteiger partial charge on any atom is -0.462 e. The second-order valence-corrected chi connectivity index (χ2v) is 11.7. The molecule has 2 heterocycles. The number of alkyl halides is 3. The molecule has 43 heavy (non-hydrogen) atoms. The molecule has 1 aromatic heterocycles. The highest BCUT2D eigenvalue weighted by Gasteiger charge is 2.63. The molecule has 1 unspecified atom stereocenters. The van der Waals surface area contributed by atoms with Crippen molar-refractivity contribution in [3.05, 3.63) is 75.3 Å². The van der Waals surface area contributed by atoms with Gasteiger partial charge in [-0.15, -0.1) is 0 Å². The molecular weight excluding hydrogens is 605 g/mol. The highest BCUT2D eigenvalue weighted by Crippen LogP contribution is 2.50. The van der Waals surface area contributed by atoms with Crippen molar-refractivity contribution in [1.29, 1.82) is 0 Å². The lowest BCUT2D eigenvalue weighted by Gasteiger charge is -2.32. The lowest BCUT2D eigenvalue weighted by atomic mass is 9.98. The van der Waals surface area contributed by atoms with Gasteiger partial charge in [-0.2, -0.15) is 9.48 Å².